The zero-order valence-corrected chi connectivity index (χ0v) is 7.78. The molecule has 5 nitrogen and oxygen atoms in total. The minimum absolute atomic E-state index is 0.0643. The number of nitrogens with zero attached hydrogens (tertiary/aromatic N) is 1. The van der Waals surface area contributed by atoms with E-state index in [0.29, 0.717) is 5.56 Å². The molecule has 1 N–H and O–H groups in total. The van der Waals surface area contributed by atoms with E-state index in [1.54, 1.807) is 35.1 Å². The highest BCUT2D eigenvalue weighted by molar-refractivity contribution is 7.89. The molecule has 14 heavy (non-hydrogen) atoms. The van der Waals surface area contributed by atoms with Crippen molar-refractivity contribution in [1.82, 2.24) is 4.72 Å². The van der Waals surface area contributed by atoms with Crippen molar-refractivity contribution >= 4 is 21.8 Å². The Labute approximate surface area is 80.7 Å². The van der Waals surface area contributed by atoms with Crippen molar-refractivity contribution in [2.24, 2.45) is 4.40 Å². The molecule has 0 radical (unpaired) electrons. The van der Waals surface area contributed by atoms with E-state index in [9.17, 15) is 13.2 Å². The van der Waals surface area contributed by atoms with Crippen molar-refractivity contribution in [2.75, 3.05) is 0 Å². The molecule has 0 aliphatic carbocycles. The standard InChI is InChI=1S/C8H6N2O3S/c11-8-7(9-14(12,13)10-8)6-4-2-1-3-5-6/h1-5H,(H,10,11). The fourth-order valence-electron chi connectivity index (χ4n) is 1.13. The summed E-state index contributed by atoms with van der Waals surface area (Å²) in [7, 11) is -3.80. The van der Waals surface area contributed by atoms with Crippen molar-refractivity contribution in [1.29, 1.82) is 0 Å². The Morgan fingerprint density at radius 2 is 1.79 bits per heavy atom. The van der Waals surface area contributed by atoms with Gasteiger partial charge in [0.05, 0.1) is 0 Å². The quantitative estimate of drug-likeness (QED) is 0.700. The number of rotatable bonds is 1. The lowest BCUT2D eigenvalue weighted by Gasteiger charge is -1.94. The average Bonchev–Trinajstić information content (AvgIpc) is 2.41. The highest BCUT2D eigenvalue weighted by Gasteiger charge is 2.28. The summed E-state index contributed by atoms with van der Waals surface area (Å²) >= 11 is 0. The van der Waals surface area contributed by atoms with Gasteiger partial charge in [-0.2, -0.15) is 8.42 Å². The number of carbonyl (C=O) groups is 1. The van der Waals surface area contributed by atoms with Gasteiger partial charge in [-0.05, 0) is 0 Å². The summed E-state index contributed by atoms with van der Waals surface area (Å²) in [6.07, 6.45) is 0. The summed E-state index contributed by atoms with van der Waals surface area (Å²) in [5.74, 6) is -0.684. The van der Waals surface area contributed by atoms with E-state index in [1.165, 1.54) is 0 Å². The third kappa shape index (κ3) is 1.51. The second kappa shape index (κ2) is 2.91. The second-order valence-electron chi connectivity index (χ2n) is 2.71. The summed E-state index contributed by atoms with van der Waals surface area (Å²) in [4.78, 5) is 11.2. The second-order valence-corrected chi connectivity index (χ2v) is 4.05. The van der Waals surface area contributed by atoms with E-state index in [1.807, 2.05) is 0 Å². The molecule has 1 aromatic carbocycles. The molecular formula is C8H6N2O3S. The smallest absolute Gasteiger partial charge is 0.266 e. The Kier molecular flexibility index (Phi) is 1.85. The molecule has 1 aromatic rings. The normalized spacial score (nSPS) is 18.9. The molecule has 72 valence electrons. The Morgan fingerprint density at radius 3 is 2.29 bits per heavy atom. The molecule has 1 aliphatic rings. The minimum Gasteiger partial charge on any atom is -0.266 e. The maximum absolute atomic E-state index is 11.2. The van der Waals surface area contributed by atoms with Gasteiger partial charge >= 0.3 is 10.2 Å². The molecule has 0 atom stereocenters. The van der Waals surface area contributed by atoms with Crippen molar-refractivity contribution in [2.45, 2.75) is 0 Å². The summed E-state index contributed by atoms with van der Waals surface area (Å²) < 4.78 is 26.9. The lowest BCUT2D eigenvalue weighted by atomic mass is 10.1. The first-order valence-corrected chi connectivity index (χ1v) is 5.25. The largest absolute Gasteiger partial charge is 0.345 e. The number of benzene rings is 1. The zero-order valence-electron chi connectivity index (χ0n) is 6.97. The van der Waals surface area contributed by atoms with E-state index in [2.05, 4.69) is 4.40 Å². The van der Waals surface area contributed by atoms with Gasteiger partial charge in [-0.25, -0.2) is 4.72 Å². The Bertz CT molecular complexity index is 505. The maximum atomic E-state index is 11.2. The number of carbonyl (C=O) groups excluding carboxylic acids is 1. The van der Waals surface area contributed by atoms with Gasteiger partial charge in [-0.3, -0.25) is 4.79 Å². The molecule has 0 bridgehead atoms. The minimum atomic E-state index is -3.80. The predicted octanol–water partition coefficient (Wildman–Crippen LogP) is -0.150. The molecule has 0 saturated heterocycles. The first-order valence-electron chi connectivity index (χ1n) is 3.81. The van der Waals surface area contributed by atoms with Crippen LogP contribution < -0.4 is 4.72 Å². The number of hydrogen-bond donors (Lipinski definition) is 1. The molecule has 1 amide bonds. The first kappa shape index (κ1) is 8.89. The molecule has 6 heteroatoms. The lowest BCUT2D eigenvalue weighted by molar-refractivity contribution is -0.112. The monoisotopic (exact) mass is 210 g/mol. The highest BCUT2D eigenvalue weighted by atomic mass is 32.2. The predicted molar refractivity (Wildman–Crippen MR) is 50.0 cm³/mol. The van der Waals surface area contributed by atoms with E-state index in [0.717, 1.165) is 0 Å². The average molecular weight is 210 g/mol. The molecule has 0 fully saturated rings. The van der Waals surface area contributed by atoms with Crippen LogP contribution in [0.15, 0.2) is 34.7 Å². The van der Waals surface area contributed by atoms with Crippen LogP contribution in [0, 0.1) is 0 Å². The van der Waals surface area contributed by atoms with Crippen molar-refractivity contribution in [3.8, 4) is 0 Å². The van der Waals surface area contributed by atoms with Crippen LogP contribution in [-0.4, -0.2) is 20.0 Å². The zero-order chi connectivity index (χ0) is 10.2. The summed E-state index contributed by atoms with van der Waals surface area (Å²) in [6.45, 7) is 0. The topological polar surface area (TPSA) is 75.6 Å². The van der Waals surface area contributed by atoms with Crippen molar-refractivity contribution in [3.63, 3.8) is 0 Å². The summed E-state index contributed by atoms with van der Waals surface area (Å²) in [5, 5.41) is 0. The SMILES string of the molecule is O=C1NS(=O)(=O)N=C1c1ccccc1. The lowest BCUT2D eigenvalue weighted by Crippen LogP contribution is -2.26. The molecule has 0 unspecified atom stereocenters. The highest BCUT2D eigenvalue weighted by Crippen LogP contribution is 2.08. The van der Waals surface area contributed by atoms with Crippen LogP contribution in [-0.2, 0) is 15.0 Å². The van der Waals surface area contributed by atoms with Crippen LogP contribution in [0.5, 0.6) is 0 Å². The van der Waals surface area contributed by atoms with E-state index in [4.69, 9.17) is 0 Å². The van der Waals surface area contributed by atoms with E-state index < -0.39 is 16.1 Å². The van der Waals surface area contributed by atoms with Gasteiger partial charge in [0.1, 0.15) is 0 Å². The van der Waals surface area contributed by atoms with Crippen LogP contribution in [0.2, 0.25) is 0 Å². The molecule has 0 aromatic heterocycles. The van der Waals surface area contributed by atoms with Gasteiger partial charge in [0, 0.05) is 5.56 Å². The van der Waals surface area contributed by atoms with E-state index >= 15 is 0 Å². The van der Waals surface area contributed by atoms with Crippen LogP contribution in [0.1, 0.15) is 5.56 Å². The third-order valence-corrected chi connectivity index (χ3v) is 2.56. The van der Waals surface area contributed by atoms with Crippen LogP contribution >= 0.6 is 0 Å². The van der Waals surface area contributed by atoms with Crippen LogP contribution in [0.4, 0.5) is 0 Å². The van der Waals surface area contributed by atoms with Crippen LogP contribution in [0.25, 0.3) is 0 Å². The van der Waals surface area contributed by atoms with Crippen LogP contribution in [0.3, 0.4) is 0 Å². The van der Waals surface area contributed by atoms with Crippen molar-refractivity contribution < 1.29 is 13.2 Å². The Hall–Kier alpha value is -1.69. The van der Waals surface area contributed by atoms with Gasteiger partial charge in [-0.15, -0.1) is 4.40 Å². The summed E-state index contributed by atoms with van der Waals surface area (Å²) in [5.41, 5.74) is 0.427. The van der Waals surface area contributed by atoms with Gasteiger partial charge < -0.3 is 0 Å². The molecule has 0 saturated carbocycles. The number of amides is 1. The van der Waals surface area contributed by atoms with Gasteiger partial charge in [-0.1, -0.05) is 30.3 Å². The number of hydrogen-bond acceptors (Lipinski definition) is 3. The molecular weight excluding hydrogens is 204 g/mol. The maximum Gasteiger partial charge on any atom is 0.345 e. The van der Waals surface area contributed by atoms with Gasteiger partial charge in [0.2, 0.25) is 0 Å². The third-order valence-electron chi connectivity index (χ3n) is 1.70. The molecule has 2 rings (SSSR count). The molecule has 1 aliphatic heterocycles. The molecule has 1 heterocycles. The fraction of sp³-hybridized carbons (Fsp3) is 0. The van der Waals surface area contributed by atoms with Gasteiger partial charge in [0.15, 0.2) is 5.71 Å². The number of nitrogens with one attached hydrogen (secondary N) is 1. The Balaban J connectivity index is 2.52. The van der Waals surface area contributed by atoms with Gasteiger partial charge in [0.25, 0.3) is 5.91 Å². The van der Waals surface area contributed by atoms with Crippen molar-refractivity contribution in [3.05, 3.63) is 35.9 Å². The van der Waals surface area contributed by atoms with E-state index in [-0.39, 0.29) is 5.71 Å². The Morgan fingerprint density at radius 1 is 1.14 bits per heavy atom. The summed E-state index contributed by atoms with van der Waals surface area (Å²) in [6, 6.07) is 8.43. The first-order chi connectivity index (χ1) is 6.58. The molecule has 0 spiro atoms. The fourth-order valence-corrected chi connectivity index (χ4v) is 1.94.